The fourth-order valence-corrected chi connectivity index (χ4v) is 4.50. The highest BCUT2D eigenvalue weighted by Crippen LogP contribution is 2.38. The SMILES string of the molecule is CC1CC2CCC(C1)N2CCc1c[nH]c2ccccc12. The summed E-state index contributed by atoms with van der Waals surface area (Å²) in [6.07, 6.45) is 9.10. The number of H-pyrrole nitrogens is 1. The molecule has 2 unspecified atom stereocenters. The summed E-state index contributed by atoms with van der Waals surface area (Å²) in [6, 6.07) is 10.4. The lowest BCUT2D eigenvalue weighted by Gasteiger charge is -2.37. The third-order valence-corrected chi connectivity index (χ3v) is 5.43. The average Bonchev–Trinajstić information content (AvgIpc) is 2.96. The Kier molecular flexibility index (Phi) is 3.07. The maximum Gasteiger partial charge on any atom is 0.0456 e. The van der Waals surface area contributed by atoms with Crippen molar-refractivity contribution in [1.29, 1.82) is 0 Å². The first-order chi connectivity index (χ1) is 9.81. The predicted octanol–water partition coefficient (Wildman–Crippen LogP) is 3.97. The van der Waals surface area contributed by atoms with Crippen molar-refractivity contribution in [2.45, 2.75) is 51.1 Å². The smallest absolute Gasteiger partial charge is 0.0456 e. The number of nitrogens with one attached hydrogen (secondary N) is 1. The van der Waals surface area contributed by atoms with Gasteiger partial charge in [0.25, 0.3) is 0 Å². The van der Waals surface area contributed by atoms with E-state index in [1.54, 1.807) is 0 Å². The van der Waals surface area contributed by atoms with E-state index in [-0.39, 0.29) is 0 Å². The fourth-order valence-electron chi connectivity index (χ4n) is 4.50. The normalized spacial score (nSPS) is 30.1. The van der Waals surface area contributed by atoms with Gasteiger partial charge in [-0.05, 0) is 49.7 Å². The van der Waals surface area contributed by atoms with Gasteiger partial charge in [0.05, 0.1) is 0 Å². The molecule has 2 aromatic rings. The van der Waals surface area contributed by atoms with Crippen molar-refractivity contribution in [3.05, 3.63) is 36.0 Å². The summed E-state index contributed by atoms with van der Waals surface area (Å²) < 4.78 is 0. The van der Waals surface area contributed by atoms with Crippen molar-refractivity contribution >= 4 is 10.9 Å². The number of aromatic amines is 1. The Balaban J connectivity index is 1.48. The second kappa shape index (κ2) is 4.92. The van der Waals surface area contributed by atoms with E-state index in [4.69, 9.17) is 0 Å². The first-order valence-electron chi connectivity index (χ1n) is 8.12. The molecule has 2 saturated heterocycles. The molecule has 1 aromatic carbocycles. The van der Waals surface area contributed by atoms with Gasteiger partial charge >= 0.3 is 0 Å². The Morgan fingerprint density at radius 3 is 2.70 bits per heavy atom. The lowest BCUT2D eigenvalue weighted by Crippen LogP contribution is -2.43. The Bertz CT molecular complexity index is 586. The first-order valence-corrected chi connectivity index (χ1v) is 8.12. The number of fused-ring (bicyclic) bond motifs is 3. The number of para-hydroxylation sites is 1. The van der Waals surface area contributed by atoms with E-state index in [1.807, 2.05) is 0 Å². The van der Waals surface area contributed by atoms with Crippen LogP contribution in [0.2, 0.25) is 0 Å². The summed E-state index contributed by atoms with van der Waals surface area (Å²) in [5, 5.41) is 1.41. The minimum Gasteiger partial charge on any atom is -0.361 e. The van der Waals surface area contributed by atoms with Crippen LogP contribution >= 0.6 is 0 Å². The van der Waals surface area contributed by atoms with Crippen molar-refractivity contribution in [2.75, 3.05) is 6.54 Å². The molecule has 2 fully saturated rings. The van der Waals surface area contributed by atoms with E-state index in [0.29, 0.717) is 0 Å². The van der Waals surface area contributed by atoms with Crippen LogP contribution in [0.4, 0.5) is 0 Å². The van der Waals surface area contributed by atoms with Crippen LogP contribution in [0.3, 0.4) is 0 Å². The molecule has 2 aliphatic heterocycles. The van der Waals surface area contributed by atoms with E-state index in [2.05, 4.69) is 47.3 Å². The molecule has 0 aliphatic carbocycles. The van der Waals surface area contributed by atoms with Crippen LogP contribution < -0.4 is 0 Å². The highest BCUT2D eigenvalue weighted by Gasteiger charge is 2.38. The zero-order valence-corrected chi connectivity index (χ0v) is 12.3. The van der Waals surface area contributed by atoms with Crippen LogP contribution in [0, 0.1) is 5.92 Å². The standard InChI is InChI=1S/C18H24N2/c1-13-10-15-6-7-16(11-13)20(15)9-8-14-12-19-18-5-3-2-4-17(14)18/h2-5,12-13,15-16,19H,6-11H2,1H3. The topological polar surface area (TPSA) is 19.0 Å². The molecule has 2 nitrogen and oxygen atoms in total. The molecule has 2 atom stereocenters. The predicted molar refractivity (Wildman–Crippen MR) is 83.9 cm³/mol. The molecule has 2 aliphatic rings. The lowest BCUT2D eigenvalue weighted by atomic mass is 9.92. The van der Waals surface area contributed by atoms with Crippen LogP contribution in [0.15, 0.2) is 30.5 Å². The van der Waals surface area contributed by atoms with Crippen molar-refractivity contribution in [1.82, 2.24) is 9.88 Å². The maximum absolute atomic E-state index is 3.40. The summed E-state index contributed by atoms with van der Waals surface area (Å²) in [5.74, 6) is 0.942. The van der Waals surface area contributed by atoms with Crippen molar-refractivity contribution in [3.8, 4) is 0 Å². The molecule has 0 saturated carbocycles. The van der Waals surface area contributed by atoms with Gasteiger partial charge in [-0.3, -0.25) is 4.90 Å². The molecule has 2 heteroatoms. The Labute approximate surface area is 121 Å². The number of hydrogen-bond acceptors (Lipinski definition) is 1. The van der Waals surface area contributed by atoms with Gasteiger partial charge in [0.1, 0.15) is 0 Å². The highest BCUT2D eigenvalue weighted by atomic mass is 15.2. The molecule has 0 spiro atoms. The first kappa shape index (κ1) is 12.5. The quantitative estimate of drug-likeness (QED) is 0.892. The van der Waals surface area contributed by atoms with Gasteiger partial charge in [-0.2, -0.15) is 0 Å². The van der Waals surface area contributed by atoms with Gasteiger partial charge in [0.15, 0.2) is 0 Å². The molecule has 3 heterocycles. The van der Waals surface area contributed by atoms with E-state index in [0.717, 1.165) is 18.0 Å². The lowest BCUT2D eigenvalue weighted by molar-refractivity contribution is 0.111. The van der Waals surface area contributed by atoms with Gasteiger partial charge in [0.2, 0.25) is 0 Å². The fraction of sp³-hybridized carbons (Fsp3) is 0.556. The largest absolute Gasteiger partial charge is 0.361 e. The molecule has 2 bridgehead atoms. The molecule has 0 amide bonds. The molecule has 106 valence electrons. The summed E-state index contributed by atoms with van der Waals surface area (Å²) in [5.41, 5.74) is 2.76. The minimum atomic E-state index is 0.869. The molecule has 1 N–H and O–H groups in total. The van der Waals surface area contributed by atoms with E-state index >= 15 is 0 Å². The van der Waals surface area contributed by atoms with Crippen molar-refractivity contribution in [3.63, 3.8) is 0 Å². The van der Waals surface area contributed by atoms with E-state index in [9.17, 15) is 0 Å². The molecule has 4 rings (SSSR count). The van der Waals surface area contributed by atoms with Crippen LogP contribution in [-0.2, 0) is 6.42 Å². The van der Waals surface area contributed by atoms with Crippen LogP contribution in [0.1, 0.15) is 38.2 Å². The average molecular weight is 268 g/mol. The third kappa shape index (κ3) is 2.07. The highest BCUT2D eigenvalue weighted by molar-refractivity contribution is 5.83. The Hall–Kier alpha value is -1.28. The molecule has 20 heavy (non-hydrogen) atoms. The van der Waals surface area contributed by atoms with Crippen LogP contribution in [0.5, 0.6) is 0 Å². The zero-order chi connectivity index (χ0) is 13.5. The summed E-state index contributed by atoms with van der Waals surface area (Å²) >= 11 is 0. The second-order valence-corrected chi connectivity index (χ2v) is 6.81. The second-order valence-electron chi connectivity index (χ2n) is 6.81. The van der Waals surface area contributed by atoms with Crippen LogP contribution in [0.25, 0.3) is 10.9 Å². The zero-order valence-electron chi connectivity index (χ0n) is 12.3. The Morgan fingerprint density at radius 1 is 1.15 bits per heavy atom. The number of hydrogen-bond donors (Lipinski definition) is 1. The third-order valence-electron chi connectivity index (χ3n) is 5.43. The summed E-state index contributed by atoms with van der Waals surface area (Å²) in [7, 11) is 0. The summed E-state index contributed by atoms with van der Waals surface area (Å²) in [4.78, 5) is 6.21. The molecule has 0 radical (unpaired) electrons. The minimum absolute atomic E-state index is 0.869. The summed E-state index contributed by atoms with van der Waals surface area (Å²) in [6.45, 7) is 3.67. The van der Waals surface area contributed by atoms with Gasteiger partial charge in [-0.15, -0.1) is 0 Å². The van der Waals surface area contributed by atoms with E-state index in [1.165, 1.54) is 55.1 Å². The van der Waals surface area contributed by atoms with Crippen molar-refractivity contribution < 1.29 is 0 Å². The van der Waals surface area contributed by atoms with Crippen LogP contribution in [-0.4, -0.2) is 28.5 Å². The number of aromatic nitrogens is 1. The number of piperidine rings is 1. The van der Waals surface area contributed by atoms with Crippen molar-refractivity contribution in [2.24, 2.45) is 5.92 Å². The van der Waals surface area contributed by atoms with Gasteiger partial charge in [-0.25, -0.2) is 0 Å². The molecular weight excluding hydrogens is 244 g/mol. The van der Waals surface area contributed by atoms with E-state index < -0.39 is 0 Å². The number of rotatable bonds is 3. The number of benzene rings is 1. The Morgan fingerprint density at radius 2 is 1.90 bits per heavy atom. The monoisotopic (exact) mass is 268 g/mol. The number of nitrogens with zero attached hydrogens (tertiary/aromatic N) is 1. The van der Waals surface area contributed by atoms with Gasteiger partial charge < -0.3 is 4.98 Å². The van der Waals surface area contributed by atoms with Gasteiger partial charge in [0, 0.05) is 35.7 Å². The maximum atomic E-state index is 3.40. The van der Waals surface area contributed by atoms with Gasteiger partial charge in [-0.1, -0.05) is 25.1 Å². The molecule has 1 aromatic heterocycles. The molecular formula is C18H24N2.